The average Bonchev–Trinajstić information content (AvgIpc) is 3.12. The smallest absolute Gasteiger partial charge is 0.416 e. The molecule has 1 aliphatic heterocycles. The topological polar surface area (TPSA) is 90.2 Å². The van der Waals surface area contributed by atoms with Crippen LogP contribution in [0.25, 0.3) is 10.1 Å². The first-order valence-electron chi connectivity index (χ1n) is 9.70. The summed E-state index contributed by atoms with van der Waals surface area (Å²) in [4.78, 5) is 0.710. The molecule has 0 bridgehead atoms. The average molecular weight is 454 g/mol. The van der Waals surface area contributed by atoms with Crippen molar-refractivity contribution in [3.8, 4) is 5.75 Å². The van der Waals surface area contributed by atoms with E-state index >= 15 is 0 Å². The molecule has 0 spiro atoms. The largest absolute Gasteiger partial charge is 0.508 e. The van der Waals surface area contributed by atoms with Crippen LogP contribution in [0.5, 0.6) is 5.75 Å². The lowest BCUT2D eigenvalue weighted by Crippen LogP contribution is -2.44. The molecule has 1 fully saturated rings. The molecule has 0 radical (unpaired) electrons. The van der Waals surface area contributed by atoms with Gasteiger partial charge in [-0.2, -0.15) is 13.2 Å². The Morgan fingerprint density at radius 1 is 1.10 bits per heavy atom. The van der Waals surface area contributed by atoms with Crippen LogP contribution in [0, 0.1) is 0 Å². The number of thiophene rings is 1. The molecule has 0 unspecified atom stereocenters. The highest BCUT2D eigenvalue weighted by molar-refractivity contribution is 7.19. The van der Waals surface area contributed by atoms with Gasteiger partial charge in [0.1, 0.15) is 18.0 Å². The van der Waals surface area contributed by atoms with Crippen LogP contribution in [0.2, 0.25) is 0 Å². The Bertz CT molecular complexity index is 1050. The molecule has 2 aromatic carbocycles. The SMILES string of the molecule is OC[C@@H]1C[C@H](O)[C@@H](O)[C@H](c2cc(Cc3cc4ccccc4s3)c(C(F)(F)F)cc2O)O1. The number of phenolic OH excluding ortho intramolecular Hbond substituents is 1. The predicted molar refractivity (Wildman–Crippen MR) is 109 cm³/mol. The van der Waals surface area contributed by atoms with Crippen molar-refractivity contribution in [3.05, 3.63) is 64.0 Å². The number of hydrogen-bond acceptors (Lipinski definition) is 6. The number of ether oxygens (including phenoxy) is 1. The summed E-state index contributed by atoms with van der Waals surface area (Å²) in [7, 11) is 0. The number of benzene rings is 2. The second-order valence-corrected chi connectivity index (χ2v) is 8.82. The number of aromatic hydroxyl groups is 1. The second kappa shape index (κ2) is 8.40. The van der Waals surface area contributed by atoms with E-state index in [-0.39, 0.29) is 24.0 Å². The number of phenols is 1. The minimum atomic E-state index is -4.69. The standard InChI is InChI=1S/C22H21F3O5S/c23-22(24,25)16-9-17(27)15(21-20(29)18(28)8-13(10-26)30-21)7-12(16)6-14-5-11-3-1-2-4-19(11)31-14/h1-5,7,9,13,18,20-21,26-29H,6,8,10H2/t13-,18-,20+,21-/m0/s1. The van der Waals surface area contributed by atoms with E-state index < -0.39 is 48.5 Å². The zero-order valence-corrected chi connectivity index (χ0v) is 17.0. The minimum Gasteiger partial charge on any atom is -0.508 e. The molecule has 4 atom stereocenters. The summed E-state index contributed by atoms with van der Waals surface area (Å²) >= 11 is 1.38. The lowest BCUT2D eigenvalue weighted by atomic mass is 9.90. The van der Waals surface area contributed by atoms with Gasteiger partial charge in [0.15, 0.2) is 0 Å². The van der Waals surface area contributed by atoms with E-state index in [1.807, 2.05) is 30.3 Å². The summed E-state index contributed by atoms with van der Waals surface area (Å²) in [6, 6.07) is 11.1. The van der Waals surface area contributed by atoms with E-state index in [9.17, 15) is 33.6 Å². The maximum Gasteiger partial charge on any atom is 0.416 e. The molecular weight excluding hydrogens is 433 g/mol. The Labute approximate surface area is 180 Å². The third kappa shape index (κ3) is 4.42. The van der Waals surface area contributed by atoms with Crippen LogP contribution in [0.3, 0.4) is 0 Å². The molecule has 1 saturated heterocycles. The van der Waals surface area contributed by atoms with Crippen molar-refractivity contribution in [1.29, 1.82) is 0 Å². The molecular formula is C22H21F3O5S. The molecule has 0 amide bonds. The van der Waals surface area contributed by atoms with Gasteiger partial charge in [-0.05, 0) is 35.2 Å². The molecule has 166 valence electrons. The van der Waals surface area contributed by atoms with Gasteiger partial charge in [0, 0.05) is 28.0 Å². The summed E-state index contributed by atoms with van der Waals surface area (Å²) in [5.74, 6) is -0.692. The third-order valence-electron chi connectivity index (χ3n) is 5.46. The Morgan fingerprint density at radius 3 is 2.52 bits per heavy atom. The van der Waals surface area contributed by atoms with Gasteiger partial charge in [0.2, 0.25) is 0 Å². The van der Waals surface area contributed by atoms with Crippen LogP contribution in [0.4, 0.5) is 13.2 Å². The highest BCUT2D eigenvalue weighted by Crippen LogP contribution is 2.42. The van der Waals surface area contributed by atoms with E-state index in [0.717, 1.165) is 10.1 Å². The van der Waals surface area contributed by atoms with Gasteiger partial charge in [0.25, 0.3) is 0 Å². The van der Waals surface area contributed by atoms with E-state index in [1.54, 1.807) is 0 Å². The number of fused-ring (bicyclic) bond motifs is 1. The van der Waals surface area contributed by atoms with Gasteiger partial charge in [0.05, 0.1) is 24.4 Å². The van der Waals surface area contributed by atoms with Gasteiger partial charge < -0.3 is 25.2 Å². The fourth-order valence-corrected chi connectivity index (χ4v) is 5.02. The molecule has 2 heterocycles. The molecule has 9 heteroatoms. The van der Waals surface area contributed by atoms with Crippen LogP contribution in [0.1, 0.15) is 34.1 Å². The molecule has 4 N–H and O–H groups in total. The quantitative estimate of drug-likeness (QED) is 0.482. The molecule has 5 nitrogen and oxygen atoms in total. The Balaban J connectivity index is 1.77. The van der Waals surface area contributed by atoms with E-state index in [1.165, 1.54) is 17.4 Å². The zero-order chi connectivity index (χ0) is 22.3. The van der Waals surface area contributed by atoms with Crippen molar-refractivity contribution in [1.82, 2.24) is 0 Å². The van der Waals surface area contributed by atoms with Crippen LogP contribution < -0.4 is 0 Å². The minimum absolute atomic E-state index is 0.0236. The Hall–Kier alpha value is -2.17. The zero-order valence-electron chi connectivity index (χ0n) is 16.2. The summed E-state index contributed by atoms with van der Waals surface area (Å²) in [6.45, 7) is -0.434. The summed E-state index contributed by atoms with van der Waals surface area (Å²) in [6.07, 6.45) is -9.53. The van der Waals surface area contributed by atoms with Crippen molar-refractivity contribution >= 4 is 21.4 Å². The Morgan fingerprint density at radius 2 is 1.84 bits per heavy atom. The second-order valence-electron chi connectivity index (χ2n) is 7.65. The van der Waals surface area contributed by atoms with Gasteiger partial charge >= 0.3 is 6.18 Å². The third-order valence-corrected chi connectivity index (χ3v) is 6.57. The lowest BCUT2D eigenvalue weighted by Gasteiger charge is -2.37. The molecule has 1 aromatic heterocycles. The summed E-state index contributed by atoms with van der Waals surface area (Å²) in [5.41, 5.74) is -1.12. The summed E-state index contributed by atoms with van der Waals surface area (Å²) < 4.78 is 47.6. The normalized spacial score (nSPS) is 24.6. The van der Waals surface area contributed by atoms with Crippen LogP contribution >= 0.6 is 11.3 Å². The van der Waals surface area contributed by atoms with Crippen molar-refractivity contribution in [2.24, 2.45) is 0 Å². The van der Waals surface area contributed by atoms with Gasteiger partial charge in [-0.3, -0.25) is 0 Å². The Kier molecular flexibility index (Phi) is 5.97. The lowest BCUT2D eigenvalue weighted by molar-refractivity contribution is -0.180. The molecule has 4 rings (SSSR count). The molecule has 3 aromatic rings. The molecule has 0 aliphatic carbocycles. The number of hydrogen-bond donors (Lipinski definition) is 4. The maximum absolute atomic E-state index is 13.7. The predicted octanol–water partition coefficient (Wildman–Crippen LogP) is 3.76. The molecule has 1 aliphatic rings. The maximum atomic E-state index is 13.7. The van der Waals surface area contributed by atoms with Crippen LogP contribution in [-0.4, -0.2) is 45.3 Å². The van der Waals surface area contributed by atoms with Crippen LogP contribution in [-0.2, 0) is 17.3 Å². The number of halogens is 3. The molecule has 0 saturated carbocycles. The highest BCUT2D eigenvalue weighted by Gasteiger charge is 2.40. The number of aliphatic hydroxyl groups excluding tert-OH is 3. The first-order chi connectivity index (χ1) is 14.7. The van der Waals surface area contributed by atoms with E-state index in [2.05, 4.69) is 0 Å². The fraction of sp³-hybridized carbons (Fsp3) is 0.364. The number of alkyl halides is 3. The highest BCUT2D eigenvalue weighted by atomic mass is 32.1. The molecule has 31 heavy (non-hydrogen) atoms. The first-order valence-corrected chi connectivity index (χ1v) is 10.5. The van der Waals surface area contributed by atoms with E-state index in [0.29, 0.717) is 10.9 Å². The van der Waals surface area contributed by atoms with Crippen molar-refractivity contribution in [2.75, 3.05) is 6.61 Å². The first kappa shape index (κ1) is 22.0. The van der Waals surface area contributed by atoms with Gasteiger partial charge in [-0.15, -0.1) is 11.3 Å². The van der Waals surface area contributed by atoms with Gasteiger partial charge in [-0.25, -0.2) is 0 Å². The van der Waals surface area contributed by atoms with Crippen molar-refractivity contribution in [2.45, 2.75) is 43.4 Å². The van der Waals surface area contributed by atoms with Crippen molar-refractivity contribution in [3.63, 3.8) is 0 Å². The monoisotopic (exact) mass is 454 g/mol. The fourth-order valence-electron chi connectivity index (χ4n) is 3.93. The summed E-state index contributed by atoms with van der Waals surface area (Å²) in [5, 5.41) is 41.1. The van der Waals surface area contributed by atoms with E-state index in [4.69, 9.17) is 4.74 Å². The van der Waals surface area contributed by atoms with Gasteiger partial charge in [-0.1, -0.05) is 18.2 Å². The van der Waals surface area contributed by atoms with Crippen molar-refractivity contribution < 1.29 is 38.3 Å². The number of aliphatic hydroxyl groups is 3. The van der Waals surface area contributed by atoms with Crippen LogP contribution in [0.15, 0.2) is 42.5 Å². The number of rotatable bonds is 4.